The van der Waals surface area contributed by atoms with E-state index in [1.54, 1.807) is 11.6 Å². The Morgan fingerprint density at radius 3 is 2.87 bits per heavy atom. The van der Waals surface area contributed by atoms with Crippen molar-refractivity contribution in [1.82, 2.24) is 14.1 Å². The Labute approximate surface area is 135 Å². The standard InChI is InChI=1S/C16H20FN3O2S/c1-12-3-4-15(17)8-16(12)23(21,22)20-6-5-13(11-20)7-14-9-18-19(2)10-14/h3-4,8-10,13H,5-7,11H2,1-2H3. The van der Waals surface area contributed by atoms with Crippen LogP contribution in [0.3, 0.4) is 0 Å². The average molecular weight is 337 g/mol. The second kappa shape index (κ2) is 6.05. The molecule has 23 heavy (non-hydrogen) atoms. The molecule has 0 bridgehead atoms. The monoisotopic (exact) mass is 337 g/mol. The molecule has 2 aromatic rings. The summed E-state index contributed by atoms with van der Waals surface area (Å²) in [6, 6.07) is 3.90. The predicted molar refractivity (Wildman–Crippen MR) is 84.9 cm³/mol. The fraction of sp³-hybridized carbons (Fsp3) is 0.438. The summed E-state index contributed by atoms with van der Waals surface area (Å²) in [7, 11) is -1.78. The molecule has 5 nitrogen and oxygen atoms in total. The Hall–Kier alpha value is -1.73. The summed E-state index contributed by atoms with van der Waals surface area (Å²) in [5.74, 6) is -0.261. The van der Waals surface area contributed by atoms with Crippen molar-refractivity contribution >= 4 is 10.0 Å². The molecule has 1 fully saturated rings. The summed E-state index contributed by atoms with van der Waals surface area (Å²) in [6.45, 7) is 2.63. The van der Waals surface area contributed by atoms with E-state index in [-0.39, 0.29) is 10.8 Å². The van der Waals surface area contributed by atoms with Crippen LogP contribution in [0.25, 0.3) is 0 Å². The second-order valence-corrected chi connectivity index (χ2v) is 8.06. The molecule has 124 valence electrons. The highest BCUT2D eigenvalue weighted by molar-refractivity contribution is 7.89. The fourth-order valence-corrected chi connectivity index (χ4v) is 4.85. The lowest BCUT2D eigenvalue weighted by atomic mass is 10.0. The number of nitrogens with zero attached hydrogens (tertiary/aromatic N) is 3. The number of aryl methyl sites for hydroxylation is 2. The Morgan fingerprint density at radius 1 is 1.39 bits per heavy atom. The van der Waals surface area contributed by atoms with E-state index in [4.69, 9.17) is 0 Å². The smallest absolute Gasteiger partial charge is 0.243 e. The SMILES string of the molecule is Cc1ccc(F)cc1S(=O)(=O)N1CCC(Cc2cnn(C)c2)C1. The van der Waals surface area contributed by atoms with Crippen LogP contribution in [0.15, 0.2) is 35.5 Å². The van der Waals surface area contributed by atoms with Gasteiger partial charge in [0.25, 0.3) is 0 Å². The molecule has 0 N–H and O–H groups in total. The fourth-order valence-electron chi connectivity index (χ4n) is 3.08. The summed E-state index contributed by atoms with van der Waals surface area (Å²) in [5, 5.41) is 4.14. The van der Waals surface area contributed by atoms with E-state index in [2.05, 4.69) is 5.10 Å². The molecule has 0 amide bonds. The van der Waals surface area contributed by atoms with Gasteiger partial charge in [-0.05, 0) is 48.9 Å². The van der Waals surface area contributed by atoms with E-state index < -0.39 is 15.8 Å². The van der Waals surface area contributed by atoms with E-state index in [1.165, 1.54) is 16.4 Å². The van der Waals surface area contributed by atoms with E-state index in [0.29, 0.717) is 18.7 Å². The van der Waals surface area contributed by atoms with E-state index >= 15 is 0 Å². The summed E-state index contributed by atoms with van der Waals surface area (Å²) in [6.07, 6.45) is 5.38. The van der Waals surface area contributed by atoms with Crippen LogP contribution < -0.4 is 0 Å². The lowest BCUT2D eigenvalue weighted by Gasteiger charge is -2.18. The quantitative estimate of drug-likeness (QED) is 0.859. The molecule has 7 heteroatoms. The number of rotatable bonds is 4. The molecule has 1 aliphatic rings. The van der Waals surface area contributed by atoms with Crippen molar-refractivity contribution in [2.45, 2.75) is 24.7 Å². The molecule has 1 atom stereocenters. The number of halogens is 1. The molecule has 1 unspecified atom stereocenters. The third-order valence-electron chi connectivity index (χ3n) is 4.30. The van der Waals surface area contributed by atoms with Crippen molar-refractivity contribution in [1.29, 1.82) is 0 Å². The van der Waals surface area contributed by atoms with Crippen LogP contribution in [-0.4, -0.2) is 35.6 Å². The van der Waals surface area contributed by atoms with Crippen molar-refractivity contribution in [3.63, 3.8) is 0 Å². The number of benzene rings is 1. The molecule has 1 aromatic carbocycles. The molecule has 0 spiro atoms. The Morgan fingerprint density at radius 2 is 2.17 bits per heavy atom. The van der Waals surface area contributed by atoms with Gasteiger partial charge in [0.15, 0.2) is 0 Å². The minimum atomic E-state index is -3.64. The van der Waals surface area contributed by atoms with Crippen LogP contribution in [0.2, 0.25) is 0 Å². The summed E-state index contributed by atoms with van der Waals surface area (Å²) in [5.41, 5.74) is 1.68. The van der Waals surface area contributed by atoms with Crippen molar-refractivity contribution < 1.29 is 12.8 Å². The Kier molecular flexibility index (Phi) is 4.25. The molecule has 0 saturated carbocycles. The first-order chi connectivity index (χ1) is 10.9. The number of sulfonamides is 1. The first-order valence-corrected chi connectivity index (χ1v) is 9.04. The molecule has 1 aliphatic heterocycles. The lowest BCUT2D eigenvalue weighted by molar-refractivity contribution is 0.455. The molecule has 1 aromatic heterocycles. The molecular formula is C16H20FN3O2S. The van der Waals surface area contributed by atoms with Crippen molar-refractivity contribution in [2.75, 3.05) is 13.1 Å². The van der Waals surface area contributed by atoms with E-state index in [0.717, 1.165) is 24.5 Å². The van der Waals surface area contributed by atoms with Crippen molar-refractivity contribution in [2.24, 2.45) is 13.0 Å². The van der Waals surface area contributed by atoms with Gasteiger partial charge in [0.2, 0.25) is 10.0 Å². The van der Waals surface area contributed by atoms with Crippen LogP contribution in [0.1, 0.15) is 17.5 Å². The first kappa shape index (κ1) is 16.1. The lowest BCUT2D eigenvalue weighted by Crippen LogP contribution is -2.29. The highest BCUT2D eigenvalue weighted by Gasteiger charge is 2.33. The van der Waals surface area contributed by atoms with Gasteiger partial charge in [0, 0.05) is 26.3 Å². The van der Waals surface area contributed by atoms with E-state index in [9.17, 15) is 12.8 Å². The van der Waals surface area contributed by atoms with Crippen LogP contribution in [0.5, 0.6) is 0 Å². The van der Waals surface area contributed by atoms with Gasteiger partial charge in [-0.3, -0.25) is 4.68 Å². The summed E-state index contributed by atoms with van der Waals surface area (Å²) >= 11 is 0. The predicted octanol–water partition coefficient (Wildman–Crippen LogP) is 2.12. The Balaban J connectivity index is 1.76. The van der Waals surface area contributed by atoms with Gasteiger partial charge in [-0.15, -0.1) is 0 Å². The molecule has 2 heterocycles. The van der Waals surface area contributed by atoms with Gasteiger partial charge in [-0.25, -0.2) is 12.8 Å². The maximum atomic E-state index is 13.4. The number of aromatic nitrogens is 2. The van der Waals surface area contributed by atoms with Gasteiger partial charge in [0.1, 0.15) is 5.82 Å². The number of hydrogen-bond donors (Lipinski definition) is 0. The molecule has 1 saturated heterocycles. The van der Waals surface area contributed by atoms with Gasteiger partial charge in [-0.2, -0.15) is 9.40 Å². The van der Waals surface area contributed by atoms with Gasteiger partial charge < -0.3 is 0 Å². The highest BCUT2D eigenvalue weighted by Crippen LogP contribution is 2.28. The van der Waals surface area contributed by atoms with Crippen LogP contribution in [0.4, 0.5) is 4.39 Å². The van der Waals surface area contributed by atoms with Gasteiger partial charge >= 0.3 is 0 Å². The molecule has 0 radical (unpaired) electrons. The minimum Gasteiger partial charge on any atom is -0.276 e. The average Bonchev–Trinajstić information content (AvgIpc) is 3.11. The third kappa shape index (κ3) is 3.30. The van der Waals surface area contributed by atoms with Crippen molar-refractivity contribution in [3.8, 4) is 0 Å². The zero-order valence-corrected chi connectivity index (χ0v) is 14.1. The topological polar surface area (TPSA) is 55.2 Å². The van der Waals surface area contributed by atoms with Crippen LogP contribution >= 0.6 is 0 Å². The molecule has 3 rings (SSSR count). The minimum absolute atomic E-state index is 0.0690. The summed E-state index contributed by atoms with van der Waals surface area (Å²) < 4.78 is 42.2. The Bertz CT molecular complexity index is 816. The maximum Gasteiger partial charge on any atom is 0.243 e. The van der Waals surface area contributed by atoms with E-state index in [1.807, 2.05) is 19.4 Å². The van der Waals surface area contributed by atoms with Gasteiger partial charge in [0.05, 0.1) is 11.1 Å². The maximum absolute atomic E-state index is 13.4. The summed E-state index contributed by atoms with van der Waals surface area (Å²) in [4.78, 5) is 0.0690. The normalized spacial score (nSPS) is 19.3. The zero-order chi connectivity index (χ0) is 16.6. The van der Waals surface area contributed by atoms with Crippen LogP contribution in [0, 0.1) is 18.7 Å². The van der Waals surface area contributed by atoms with Crippen molar-refractivity contribution in [3.05, 3.63) is 47.5 Å². The molecular weight excluding hydrogens is 317 g/mol. The zero-order valence-electron chi connectivity index (χ0n) is 13.2. The largest absolute Gasteiger partial charge is 0.276 e. The first-order valence-electron chi connectivity index (χ1n) is 7.60. The second-order valence-electron chi connectivity index (χ2n) is 6.15. The third-order valence-corrected chi connectivity index (χ3v) is 6.31. The molecule has 0 aliphatic carbocycles. The number of hydrogen-bond acceptors (Lipinski definition) is 3. The van der Waals surface area contributed by atoms with Gasteiger partial charge in [-0.1, -0.05) is 6.07 Å². The van der Waals surface area contributed by atoms with Crippen LogP contribution in [-0.2, 0) is 23.5 Å². The highest BCUT2D eigenvalue weighted by atomic mass is 32.2.